The van der Waals surface area contributed by atoms with E-state index in [-0.39, 0.29) is 5.78 Å². The van der Waals surface area contributed by atoms with Crippen LogP contribution in [0.25, 0.3) is 0 Å². The van der Waals surface area contributed by atoms with E-state index in [1.54, 1.807) is 11.3 Å². The van der Waals surface area contributed by atoms with Crippen molar-refractivity contribution in [1.82, 2.24) is 4.98 Å². The molecule has 2 aliphatic carbocycles. The number of ketones is 1. The minimum atomic E-state index is 0.275. The van der Waals surface area contributed by atoms with Crippen molar-refractivity contribution in [3.8, 4) is 0 Å². The fourth-order valence-electron chi connectivity index (χ4n) is 2.63. The van der Waals surface area contributed by atoms with Gasteiger partial charge in [0.25, 0.3) is 0 Å². The van der Waals surface area contributed by atoms with Gasteiger partial charge in [0.15, 0.2) is 5.78 Å². The first-order valence-corrected chi connectivity index (χ1v) is 6.69. The van der Waals surface area contributed by atoms with Gasteiger partial charge in [-0.15, -0.1) is 11.3 Å². The monoisotopic (exact) mass is 221 g/mol. The molecule has 0 atom stereocenters. The molecule has 3 heteroatoms. The summed E-state index contributed by atoms with van der Waals surface area (Å²) in [6, 6.07) is 0. The number of carbonyl (C=O) groups excluding carboxylic acids is 1. The summed E-state index contributed by atoms with van der Waals surface area (Å²) in [7, 11) is 0. The summed E-state index contributed by atoms with van der Waals surface area (Å²) in [4.78, 5) is 17.5. The zero-order chi connectivity index (χ0) is 10.3. The maximum atomic E-state index is 11.7. The second kappa shape index (κ2) is 3.71. The second-order valence-electron chi connectivity index (χ2n) is 4.58. The maximum absolute atomic E-state index is 11.7. The SMILES string of the molecule is O=C1CCCc2sc(C3CCCC3)nc21. The van der Waals surface area contributed by atoms with Crippen molar-refractivity contribution >= 4 is 17.1 Å². The zero-order valence-corrected chi connectivity index (χ0v) is 9.61. The van der Waals surface area contributed by atoms with Crippen molar-refractivity contribution in [3.63, 3.8) is 0 Å². The van der Waals surface area contributed by atoms with Crippen LogP contribution < -0.4 is 0 Å². The summed E-state index contributed by atoms with van der Waals surface area (Å²) >= 11 is 1.80. The van der Waals surface area contributed by atoms with Crippen LogP contribution >= 0.6 is 11.3 Å². The lowest BCUT2D eigenvalue weighted by Gasteiger charge is -2.06. The van der Waals surface area contributed by atoms with Gasteiger partial charge in [-0.1, -0.05) is 12.8 Å². The number of hydrogen-bond donors (Lipinski definition) is 0. The standard InChI is InChI=1S/C12H15NOS/c14-9-6-3-7-10-11(9)13-12(15-10)8-4-1-2-5-8/h8H,1-7H2. The molecule has 1 heterocycles. The van der Waals surface area contributed by atoms with E-state index >= 15 is 0 Å². The Balaban J connectivity index is 1.94. The van der Waals surface area contributed by atoms with Gasteiger partial charge >= 0.3 is 0 Å². The number of carbonyl (C=O) groups is 1. The number of thiazole rings is 1. The molecule has 15 heavy (non-hydrogen) atoms. The lowest BCUT2D eigenvalue weighted by atomic mass is 10.0. The first-order valence-electron chi connectivity index (χ1n) is 5.87. The Kier molecular flexibility index (Phi) is 2.35. The van der Waals surface area contributed by atoms with E-state index in [0.29, 0.717) is 12.3 Å². The van der Waals surface area contributed by atoms with Crippen molar-refractivity contribution < 1.29 is 4.79 Å². The molecule has 0 aromatic carbocycles. The average molecular weight is 221 g/mol. The summed E-state index contributed by atoms with van der Waals surface area (Å²) in [6.07, 6.45) is 8.04. The van der Waals surface area contributed by atoms with Crippen LogP contribution in [-0.4, -0.2) is 10.8 Å². The first kappa shape index (κ1) is 9.52. The zero-order valence-electron chi connectivity index (χ0n) is 8.79. The third-order valence-corrected chi connectivity index (χ3v) is 4.77. The molecule has 0 bridgehead atoms. The van der Waals surface area contributed by atoms with Gasteiger partial charge < -0.3 is 0 Å². The Bertz CT molecular complexity index is 390. The molecule has 0 amide bonds. The summed E-state index contributed by atoms with van der Waals surface area (Å²) in [5.74, 6) is 0.935. The largest absolute Gasteiger partial charge is 0.292 e. The average Bonchev–Trinajstić information content (AvgIpc) is 2.86. The van der Waals surface area contributed by atoms with E-state index in [2.05, 4.69) is 4.98 Å². The highest BCUT2D eigenvalue weighted by Crippen LogP contribution is 2.38. The lowest BCUT2D eigenvalue weighted by Crippen LogP contribution is -2.09. The summed E-state index contributed by atoms with van der Waals surface area (Å²) in [5, 5.41) is 1.24. The quantitative estimate of drug-likeness (QED) is 0.728. The van der Waals surface area contributed by atoms with Gasteiger partial charge in [-0.25, -0.2) is 4.98 Å². The van der Waals surface area contributed by atoms with E-state index < -0.39 is 0 Å². The molecule has 2 nitrogen and oxygen atoms in total. The van der Waals surface area contributed by atoms with Crippen LogP contribution in [-0.2, 0) is 6.42 Å². The number of nitrogens with zero attached hydrogens (tertiary/aromatic N) is 1. The highest BCUT2D eigenvalue weighted by Gasteiger charge is 2.26. The molecule has 2 aliphatic rings. The van der Waals surface area contributed by atoms with Gasteiger partial charge in [-0.3, -0.25) is 4.79 Å². The molecule has 3 rings (SSSR count). The molecular weight excluding hydrogens is 206 g/mol. The summed E-state index contributed by atoms with van der Waals surface area (Å²) < 4.78 is 0. The third kappa shape index (κ3) is 1.63. The van der Waals surface area contributed by atoms with E-state index in [4.69, 9.17) is 0 Å². The van der Waals surface area contributed by atoms with Crippen molar-refractivity contribution in [2.45, 2.75) is 50.9 Å². The van der Waals surface area contributed by atoms with Gasteiger partial charge in [0.05, 0.1) is 5.01 Å². The van der Waals surface area contributed by atoms with E-state index in [1.165, 1.54) is 35.6 Å². The van der Waals surface area contributed by atoms with Crippen LogP contribution in [0.1, 0.15) is 64.8 Å². The third-order valence-electron chi connectivity index (χ3n) is 3.49. The first-order chi connectivity index (χ1) is 7.34. The number of aromatic nitrogens is 1. The molecule has 1 aromatic heterocycles. The molecule has 0 aliphatic heterocycles. The van der Waals surface area contributed by atoms with E-state index in [9.17, 15) is 4.79 Å². The normalized spacial score (nSPS) is 22.0. The number of hydrogen-bond acceptors (Lipinski definition) is 3. The predicted molar refractivity (Wildman–Crippen MR) is 60.6 cm³/mol. The molecular formula is C12H15NOS. The minimum Gasteiger partial charge on any atom is -0.292 e. The van der Waals surface area contributed by atoms with Gasteiger partial charge in [-0.05, 0) is 25.7 Å². The van der Waals surface area contributed by atoms with E-state index in [1.807, 2.05) is 0 Å². The van der Waals surface area contributed by atoms with E-state index in [0.717, 1.165) is 18.5 Å². The second-order valence-corrected chi connectivity index (χ2v) is 5.70. The van der Waals surface area contributed by atoms with Crippen molar-refractivity contribution in [2.24, 2.45) is 0 Å². The topological polar surface area (TPSA) is 30.0 Å². The van der Waals surface area contributed by atoms with Crippen molar-refractivity contribution in [1.29, 1.82) is 0 Å². The van der Waals surface area contributed by atoms with Gasteiger partial charge in [0.2, 0.25) is 0 Å². The number of aryl methyl sites for hydroxylation is 1. The maximum Gasteiger partial charge on any atom is 0.182 e. The van der Waals surface area contributed by atoms with Gasteiger partial charge in [0.1, 0.15) is 5.69 Å². The van der Waals surface area contributed by atoms with Crippen LogP contribution in [0.3, 0.4) is 0 Å². The molecule has 1 aromatic rings. The fourth-order valence-corrected chi connectivity index (χ4v) is 3.93. The predicted octanol–water partition coefficient (Wildman–Crippen LogP) is 3.32. The Morgan fingerprint density at radius 3 is 2.67 bits per heavy atom. The molecule has 0 unspecified atom stereocenters. The van der Waals surface area contributed by atoms with Crippen LogP contribution in [0, 0.1) is 0 Å². The summed E-state index contributed by atoms with van der Waals surface area (Å²) in [6.45, 7) is 0. The van der Waals surface area contributed by atoms with Crippen LogP contribution in [0.2, 0.25) is 0 Å². The Morgan fingerprint density at radius 1 is 1.13 bits per heavy atom. The molecule has 1 fully saturated rings. The highest BCUT2D eigenvalue weighted by atomic mass is 32.1. The van der Waals surface area contributed by atoms with Crippen molar-refractivity contribution in [2.75, 3.05) is 0 Å². The van der Waals surface area contributed by atoms with Crippen LogP contribution in [0.4, 0.5) is 0 Å². The number of Topliss-reactive ketones (excluding diaryl/α,β-unsaturated/α-hetero) is 1. The molecule has 0 saturated heterocycles. The van der Waals surface area contributed by atoms with Crippen molar-refractivity contribution in [3.05, 3.63) is 15.6 Å². The Labute approximate surface area is 93.7 Å². The highest BCUT2D eigenvalue weighted by molar-refractivity contribution is 7.12. The lowest BCUT2D eigenvalue weighted by molar-refractivity contribution is 0.0968. The molecule has 80 valence electrons. The fraction of sp³-hybridized carbons (Fsp3) is 0.667. The van der Waals surface area contributed by atoms with Gasteiger partial charge in [-0.2, -0.15) is 0 Å². The number of fused-ring (bicyclic) bond motifs is 1. The minimum absolute atomic E-state index is 0.275. The Hall–Kier alpha value is -0.700. The van der Waals surface area contributed by atoms with Crippen LogP contribution in [0.5, 0.6) is 0 Å². The smallest absolute Gasteiger partial charge is 0.182 e. The Morgan fingerprint density at radius 2 is 1.93 bits per heavy atom. The molecule has 0 N–H and O–H groups in total. The summed E-state index contributed by atoms with van der Waals surface area (Å²) in [5.41, 5.74) is 0.813. The van der Waals surface area contributed by atoms with Crippen LogP contribution in [0.15, 0.2) is 0 Å². The number of rotatable bonds is 1. The van der Waals surface area contributed by atoms with Gasteiger partial charge in [0, 0.05) is 17.2 Å². The molecule has 0 spiro atoms. The molecule has 0 radical (unpaired) electrons. The molecule has 1 saturated carbocycles.